The van der Waals surface area contributed by atoms with Gasteiger partial charge >= 0.3 is 0 Å². The van der Waals surface area contributed by atoms with Gasteiger partial charge in [0.2, 0.25) is 0 Å². The van der Waals surface area contributed by atoms with E-state index < -0.39 is 0 Å². The average Bonchev–Trinajstić information content (AvgIpc) is 2.36. The number of hydrogen-bond donors (Lipinski definition) is 1. The molecule has 2 aromatic carbocycles. The molecule has 0 heterocycles. The minimum absolute atomic E-state index is 0.293. The van der Waals surface area contributed by atoms with Gasteiger partial charge < -0.3 is 10.5 Å². The van der Waals surface area contributed by atoms with Crippen LogP contribution >= 0.6 is 0 Å². The first-order valence-corrected chi connectivity index (χ1v) is 5.96. The lowest BCUT2D eigenvalue weighted by Crippen LogP contribution is -2.07. The fourth-order valence-corrected chi connectivity index (χ4v) is 1.78. The molecule has 0 bridgehead atoms. The smallest absolute Gasteiger partial charge is 0.132 e. The quantitative estimate of drug-likeness (QED) is 0.905. The Bertz CT molecular complexity index is 597. The van der Waals surface area contributed by atoms with Crippen molar-refractivity contribution >= 4 is 0 Å². The van der Waals surface area contributed by atoms with Gasteiger partial charge in [-0.1, -0.05) is 0 Å². The van der Waals surface area contributed by atoms with Gasteiger partial charge in [-0.05, 0) is 55.8 Å². The predicted molar refractivity (Wildman–Crippen MR) is 70.2 cm³/mol. The van der Waals surface area contributed by atoms with Crippen molar-refractivity contribution in [3.8, 4) is 11.5 Å². The maximum absolute atomic E-state index is 13.2. The molecule has 0 spiro atoms. The Morgan fingerprint density at radius 3 is 2.47 bits per heavy atom. The molecule has 0 unspecified atom stereocenters. The highest BCUT2D eigenvalue weighted by molar-refractivity contribution is 5.40. The number of hydrogen-bond acceptors (Lipinski definition) is 2. The van der Waals surface area contributed by atoms with E-state index in [1.54, 1.807) is 19.9 Å². The van der Waals surface area contributed by atoms with E-state index in [2.05, 4.69) is 0 Å². The first kappa shape index (κ1) is 13.5. The molecule has 1 atom stereocenters. The molecule has 0 amide bonds. The van der Waals surface area contributed by atoms with Crippen LogP contribution in [0.3, 0.4) is 0 Å². The molecule has 0 saturated heterocycles. The summed E-state index contributed by atoms with van der Waals surface area (Å²) >= 11 is 0. The van der Waals surface area contributed by atoms with Crippen molar-refractivity contribution in [3.05, 3.63) is 59.2 Å². The zero-order valence-electron chi connectivity index (χ0n) is 10.8. The molecule has 0 radical (unpaired) electrons. The number of rotatable bonds is 3. The minimum Gasteiger partial charge on any atom is -0.457 e. The molecule has 0 aliphatic rings. The van der Waals surface area contributed by atoms with E-state index in [0.29, 0.717) is 22.6 Å². The minimum atomic E-state index is -0.366. The van der Waals surface area contributed by atoms with Gasteiger partial charge in [-0.2, -0.15) is 0 Å². The van der Waals surface area contributed by atoms with Crippen LogP contribution in [0.5, 0.6) is 11.5 Å². The zero-order valence-corrected chi connectivity index (χ0v) is 10.8. The van der Waals surface area contributed by atoms with Crippen LogP contribution in [-0.4, -0.2) is 0 Å². The molecule has 0 aliphatic carbocycles. The van der Waals surface area contributed by atoms with Crippen molar-refractivity contribution in [2.24, 2.45) is 5.73 Å². The van der Waals surface area contributed by atoms with Crippen LogP contribution in [0.25, 0.3) is 0 Å². The maximum atomic E-state index is 13.2. The molecule has 2 N–H and O–H groups in total. The highest BCUT2D eigenvalue weighted by Gasteiger charge is 2.11. The molecule has 100 valence electrons. The monoisotopic (exact) mass is 263 g/mol. The number of benzene rings is 2. The summed E-state index contributed by atoms with van der Waals surface area (Å²) in [6.07, 6.45) is 0. The van der Waals surface area contributed by atoms with Crippen LogP contribution in [0.1, 0.15) is 24.1 Å². The van der Waals surface area contributed by atoms with Crippen molar-refractivity contribution < 1.29 is 13.5 Å². The van der Waals surface area contributed by atoms with E-state index in [4.69, 9.17) is 10.5 Å². The first-order chi connectivity index (χ1) is 8.97. The van der Waals surface area contributed by atoms with E-state index in [1.807, 2.05) is 0 Å². The molecule has 2 aromatic rings. The molecule has 2 rings (SSSR count). The number of aryl methyl sites for hydroxylation is 1. The van der Waals surface area contributed by atoms with Crippen LogP contribution in [0.4, 0.5) is 8.78 Å². The summed E-state index contributed by atoms with van der Waals surface area (Å²) in [5.74, 6) is 0.309. The number of ether oxygens (including phenoxy) is 1. The summed E-state index contributed by atoms with van der Waals surface area (Å²) in [6.45, 7) is 3.40. The molecular formula is C15H15F2NO. The topological polar surface area (TPSA) is 35.2 Å². The molecule has 0 saturated carbocycles. The van der Waals surface area contributed by atoms with E-state index in [1.165, 1.54) is 30.3 Å². The molecule has 0 aromatic heterocycles. The van der Waals surface area contributed by atoms with Crippen LogP contribution < -0.4 is 10.5 Å². The van der Waals surface area contributed by atoms with Crippen molar-refractivity contribution in [1.29, 1.82) is 0 Å². The highest BCUT2D eigenvalue weighted by atomic mass is 19.1. The second kappa shape index (κ2) is 5.36. The van der Waals surface area contributed by atoms with Crippen molar-refractivity contribution in [2.75, 3.05) is 0 Å². The molecule has 0 fully saturated rings. The van der Waals surface area contributed by atoms with Crippen LogP contribution in [0.2, 0.25) is 0 Å². The van der Waals surface area contributed by atoms with Gasteiger partial charge in [-0.25, -0.2) is 8.78 Å². The van der Waals surface area contributed by atoms with Crippen LogP contribution in [0.15, 0.2) is 36.4 Å². The lowest BCUT2D eigenvalue weighted by atomic mass is 10.1. The first-order valence-electron chi connectivity index (χ1n) is 5.96. The number of nitrogens with two attached hydrogens (primary N) is 1. The second-order valence-corrected chi connectivity index (χ2v) is 4.48. The lowest BCUT2D eigenvalue weighted by molar-refractivity contribution is 0.466. The van der Waals surface area contributed by atoms with Gasteiger partial charge in [0.25, 0.3) is 0 Å². The van der Waals surface area contributed by atoms with Crippen LogP contribution in [0, 0.1) is 18.6 Å². The fourth-order valence-electron chi connectivity index (χ4n) is 1.78. The van der Waals surface area contributed by atoms with Gasteiger partial charge in [-0.3, -0.25) is 0 Å². The van der Waals surface area contributed by atoms with E-state index in [-0.39, 0.29) is 17.7 Å². The molecular weight excluding hydrogens is 248 g/mol. The third-order valence-electron chi connectivity index (χ3n) is 2.82. The zero-order chi connectivity index (χ0) is 14.0. The normalized spacial score (nSPS) is 12.3. The van der Waals surface area contributed by atoms with Crippen LogP contribution in [-0.2, 0) is 0 Å². The standard InChI is InChI=1S/C15H15F2NO/c1-9-7-12(4-5-14(9)17)19-15-6-3-11(16)8-13(15)10(2)18/h3-8,10H,18H2,1-2H3/t10-/m1/s1. The molecule has 0 aliphatic heterocycles. The Morgan fingerprint density at radius 2 is 1.84 bits per heavy atom. The Morgan fingerprint density at radius 1 is 1.11 bits per heavy atom. The predicted octanol–water partition coefficient (Wildman–Crippen LogP) is 4.09. The molecule has 19 heavy (non-hydrogen) atoms. The van der Waals surface area contributed by atoms with E-state index >= 15 is 0 Å². The van der Waals surface area contributed by atoms with Gasteiger partial charge in [0.15, 0.2) is 0 Å². The molecule has 2 nitrogen and oxygen atoms in total. The van der Waals surface area contributed by atoms with Crippen molar-refractivity contribution in [1.82, 2.24) is 0 Å². The van der Waals surface area contributed by atoms with Crippen molar-refractivity contribution in [2.45, 2.75) is 19.9 Å². The largest absolute Gasteiger partial charge is 0.457 e. The van der Waals surface area contributed by atoms with Gasteiger partial charge in [0.05, 0.1) is 0 Å². The summed E-state index contributed by atoms with van der Waals surface area (Å²) in [5, 5.41) is 0. The van der Waals surface area contributed by atoms with Gasteiger partial charge in [0.1, 0.15) is 23.1 Å². The Kier molecular flexibility index (Phi) is 3.81. The Hall–Kier alpha value is -1.94. The Balaban J connectivity index is 2.35. The lowest BCUT2D eigenvalue weighted by Gasteiger charge is -2.14. The SMILES string of the molecule is Cc1cc(Oc2ccc(F)cc2[C@@H](C)N)ccc1F. The van der Waals surface area contributed by atoms with E-state index in [0.717, 1.165) is 0 Å². The third kappa shape index (κ3) is 3.09. The third-order valence-corrected chi connectivity index (χ3v) is 2.82. The highest BCUT2D eigenvalue weighted by Crippen LogP contribution is 2.30. The summed E-state index contributed by atoms with van der Waals surface area (Å²) in [7, 11) is 0. The second-order valence-electron chi connectivity index (χ2n) is 4.48. The Labute approximate surface area is 110 Å². The van der Waals surface area contributed by atoms with Gasteiger partial charge in [0, 0.05) is 11.6 Å². The summed E-state index contributed by atoms with van der Waals surface area (Å²) in [6, 6.07) is 8.26. The summed E-state index contributed by atoms with van der Waals surface area (Å²) < 4.78 is 32.0. The molecule has 4 heteroatoms. The average molecular weight is 263 g/mol. The van der Waals surface area contributed by atoms with Gasteiger partial charge in [-0.15, -0.1) is 0 Å². The summed E-state index contributed by atoms with van der Waals surface area (Å²) in [5.41, 5.74) is 6.84. The van der Waals surface area contributed by atoms with Crippen molar-refractivity contribution in [3.63, 3.8) is 0 Å². The maximum Gasteiger partial charge on any atom is 0.132 e. The number of halogens is 2. The van der Waals surface area contributed by atoms with E-state index in [9.17, 15) is 8.78 Å². The fraction of sp³-hybridized carbons (Fsp3) is 0.200. The summed E-state index contributed by atoms with van der Waals surface area (Å²) in [4.78, 5) is 0.